The summed E-state index contributed by atoms with van der Waals surface area (Å²) in [5.74, 6) is 1.98. The highest BCUT2D eigenvalue weighted by molar-refractivity contribution is 5.94. The van der Waals surface area contributed by atoms with Crippen LogP contribution in [0.25, 0.3) is 10.9 Å². The van der Waals surface area contributed by atoms with E-state index in [0.717, 1.165) is 24.4 Å². The molecule has 1 fully saturated rings. The number of nitrogens with zero attached hydrogens (tertiary/aromatic N) is 4. The standard InChI is InChI=1S/C20H20N6O4/c27-26(28)17-8-14-15(9-16(17)25-5-3-21-4-6-25)23-11-24-20(14)22-10-13-1-2-18-19(7-13)30-12-29-18/h1-2,7-9,11,21H,3-6,10,12H2,(H,22,23,24). The molecule has 2 aliphatic rings. The number of anilines is 2. The number of benzene rings is 2. The van der Waals surface area contributed by atoms with Gasteiger partial charge in [0.15, 0.2) is 11.5 Å². The summed E-state index contributed by atoms with van der Waals surface area (Å²) in [7, 11) is 0. The van der Waals surface area contributed by atoms with Gasteiger partial charge in [-0.05, 0) is 23.8 Å². The van der Waals surface area contributed by atoms with Crippen LogP contribution in [0.1, 0.15) is 5.56 Å². The van der Waals surface area contributed by atoms with Crippen LogP contribution in [0.15, 0.2) is 36.7 Å². The minimum absolute atomic E-state index is 0.0605. The van der Waals surface area contributed by atoms with Crippen LogP contribution in [0.4, 0.5) is 17.2 Å². The van der Waals surface area contributed by atoms with Crippen LogP contribution < -0.4 is 25.0 Å². The third-order valence-electron chi connectivity index (χ3n) is 5.28. The van der Waals surface area contributed by atoms with Crippen molar-refractivity contribution in [3.8, 4) is 11.5 Å². The lowest BCUT2D eigenvalue weighted by atomic mass is 10.1. The van der Waals surface area contributed by atoms with Gasteiger partial charge in [-0.25, -0.2) is 9.97 Å². The van der Waals surface area contributed by atoms with E-state index in [9.17, 15) is 10.1 Å². The third-order valence-corrected chi connectivity index (χ3v) is 5.28. The zero-order chi connectivity index (χ0) is 20.5. The Kier molecular flexibility index (Phi) is 4.68. The first-order chi connectivity index (χ1) is 14.7. The molecular weight excluding hydrogens is 388 g/mol. The number of hydrogen-bond acceptors (Lipinski definition) is 9. The van der Waals surface area contributed by atoms with Crippen molar-refractivity contribution in [3.05, 3.63) is 52.3 Å². The summed E-state index contributed by atoms with van der Waals surface area (Å²) in [5.41, 5.74) is 2.30. The van der Waals surface area contributed by atoms with Crippen LogP contribution in [0.5, 0.6) is 11.5 Å². The first-order valence-corrected chi connectivity index (χ1v) is 9.70. The molecule has 2 aromatic carbocycles. The van der Waals surface area contributed by atoms with Gasteiger partial charge in [-0.1, -0.05) is 6.07 Å². The van der Waals surface area contributed by atoms with Crippen molar-refractivity contribution in [2.75, 3.05) is 43.2 Å². The van der Waals surface area contributed by atoms with Crippen molar-refractivity contribution < 1.29 is 14.4 Å². The van der Waals surface area contributed by atoms with Crippen molar-refractivity contribution in [3.63, 3.8) is 0 Å². The molecule has 0 saturated carbocycles. The normalized spacial score (nSPS) is 15.4. The lowest BCUT2D eigenvalue weighted by molar-refractivity contribution is -0.384. The Morgan fingerprint density at radius 2 is 1.97 bits per heavy atom. The maximum atomic E-state index is 11.8. The average molecular weight is 408 g/mol. The molecule has 0 amide bonds. The summed E-state index contributed by atoms with van der Waals surface area (Å²) >= 11 is 0. The molecule has 30 heavy (non-hydrogen) atoms. The third kappa shape index (κ3) is 3.41. The minimum atomic E-state index is -0.342. The van der Waals surface area contributed by atoms with Gasteiger partial charge in [0.25, 0.3) is 5.69 Å². The molecule has 0 bridgehead atoms. The summed E-state index contributed by atoms with van der Waals surface area (Å²) in [5, 5.41) is 18.9. The molecule has 1 saturated heterocycles. The molecule has 3 heterocycles. The molecule has 0 aliphatic carbocycles. The van der Waals surface area contributed by atoms with Gasteiger partial charge in [-0.2, -0.15) is 0 Å². The van der Waals surface area contributed by atoms with Crippen molar-refractivity contribution in [2.24, 2.45) is 0 Å². The summed E-state index contributed by atoms with van der Waals surface area (Å²) in [4.78, 5) is 22.1. The van der Waals surface area contributed by atoms with Crippen molar-refractivity contribution in [2.45, 2.75) is 6.54 Å². The van der Waals surface area contributed by atoms with Gasteiger partial charge in [0.05, 0.1) is 10.4 Å². The molecule has 0 unspecified atom stereocenters. The predicted octanol–water partition coefficient (Wildman–Crippen LogP) is 2.29. The lowest BCUT2D eigenvalue weighted by Crippen LogP contribution is -2.43. The molecule has 154 valence electrons. The summed E-state index contributed by atoms with van der Waals surface area (Å²) in [6.07, 6.45) is 1.47. The van der Waals surface area contributed by atoms with Crippen molar-refractivity contribution in [1.29, 1.82) is 0 Å². The van der Waals surface area contributed by atoms with E-state index in [1.165, 1.54) is 6.33 Å². The molecule has 1 aromatic heterocycles. The monoisotopic (exact) mass is 408 g/mol. The van der Waals surface area contributed by atoms with Gasteiger partial charge in [-0.15, -0.1) is 0 Å². The molecule has 3 aromatic rings. The first-order valence-electron chi connectivity index (χ1n) is 9.70. The first kappa shape index (κ1) is 18.4. The fraction of sp³-hybridized carbons (Fsp3) is 0.300. The number of hydrogen-bond donors (Lipinski definition) is 2. The molecule has 5 rings (SSSR count). The number of aromatic nitrogens is 2. The highest BCUT2D eigenvalue weighted by Gasteiger charge is 2.23. The van der Waals surface area contributed by atoms with Gasteiger partial charge < -0.3 is 25.0 Å². The van der Waals surface area contributed by atoms with Gasteiger partial charge in [0, 0.05) is 44.2 Å². The van der Waals surface area contributed by atoms with Crippen LogP contribution in [-0.4, -0.2) is 47.9 Å². The van der Waals surface area contributed by atoms with E-state index in [4.69, 9.17) is 9.47 Å². The van der Waals surface area contributed by atoms with E-state index >= 15 is 0 Å². The Labute approximate surface area is 172 Å². The van der Waals surface area contributed by atoms with E-state index in [0.29, 0.717) is 47.8 Å². The summed E-state index contributed by atoms with van der Waals surface area (Å²) < 4.78 is 10.8. The van der Waals surface area contributed by atoms with E-state index in [-0.39, 0.29) is 17.4 Å². The zero-order valence-electron chi connectivity index (χ0n) is 16.1. The number of nitro groups is 1. The number of piperazine rings is 1. The van der Waals surface area contributed by atoms with Crippen molar-refractivity contribution >= 4 is 28.1 Å². The quantitative estimate of drug-likeness (QED) is 0.485. The fourth-order valence-electron chi connectivity index (χ4n) is 3.76. The molecule has 10 nitrogen and oxygen atoms in total. The van der Waals surface area contributed by atoms with E-state index < -0.39 is 0 Å². The second-order valence-corrected chi connectivity index (χ2v) is 7.12. The van der Waals surface area contributed by atoms with Gasteiger partial charge in [0.1, 0.15) is 17.8 Å². The van der Waals surface area contributed by atoms with Crippen LogP contribution in [-0.2, 0) is 6.54 Å². The van der Waals surface area contributed by atoms with Gasteiger partial charge >= 0.3 is 0 Å². The largest absolute Gasteiger partial charge is 0.454 e. The molecule has 10 heteroatoms. The van der Waals surface area contributed by atoms with Crippen LogP contribution in [0, 0.1) is 10.1 Å². The van der Waals surface area contributed by atoms with Crippen LogP contribution in [0.2, 0.25) is 0 Å². The van der Waals surface area contributed by atoms with E-state index in [1.54, 1.807) is 12.1 Å². The minimum Gasteiger partial charge on any atom is -0.454 e. The Hall–Kier alpha value is -3.66. The predicted molar refractivity (Wildman–Crippen MR) is 111 cm³/mol. The highest BCUT2D eigenvalue weighted by atomic mass is 16.7. The maximum Gasteiger partial charge on any atom is 0.293 e. The number of fused-ring (bicyclic) bond motifs is 2. The molecule has 2 N–H and O–H groups in total. The number of nitro benzene ring substituents is 1. The van der Waals surface area contributed by atoms with Gasteiger partial charge in [-0.3, -0.25) is 10.1 Å². The molecule has 0 atom stereocenters. The molecule has 0 spiro atoms. The van der Waals surface area contributed by atoms with E-state index in [2.05, 4.69) is 20.6 Å². The zero-order valence-corrected chi connectivity index (χ0v) is 16.1. The number of rotatable bonds is 5. The van der Waals surface area contributed by atoms with E-state index in [1.807, 2.05) is 23.1 Å². The highest BCUT2D eigenvalue weighted by Crippen LogP contribution is 2.35. The van der Waals surface area contributed by atoms with Crippen molar-refractivity contribution in [1.82, 2.24) is 15.3 Å². The lowest BCUT2D eigenvalue weighted by Gasteiger charge is -2.29. The smallest absolute Gasteiger partial charge is 0.293 e. The fourth-order valence-corrected chi connectivity index (χ4v) is 3.76. The van der Waals surface area contributed by atoms with Crippen LogP contribution in [0.3, 0.4) is 0 Å². The Balaban J connectivity index is 1.46. The maximum absolute atomic E-state index is 11.8. The number of ether oxygens (including phenoxy) is 2. The number of nitrogens with one attached hydrogen (secondary N) is 2. The average Bonchev–Trinajstić information content (AvgIpc) is 3.25. The molecular formula is C20H20N6O4. The van der Waals surface area contributed by atoms with Crippen LogP contribution >= 0.6 is 0 Å². The summed E-state index contributed by atoms with van der Waals surface area (Å²) in [6, 6.07) is 9.06. The second-order valence-electron chi connectivity index (χ2n) is 7.12. The SMILES string of the molecule is O=[N+]([O-])c1cc2c(NCc3ccc4c(c3)OCO4)ncnc2cc1N1CCNCC1. The molecule has 2 aliphatic heterocycles. The molecule has 0 radical (unpaired) electrons. The Bertz CT molecular complexity index is 1120. The topological polar surface area (TPSA) is 115 Å². The Morgan fingerprint density at radius 3 is 2.80 bits per heavy atom. The summed E-state index contributed by atoms with van der Waals surface area (Å²) in [6.45, 7) is 3.72. The Morgan fingerprint density at radius 1 is 1.13 bits per heavy atom. The second kappa shape index (κ2) is 7.64. The van der Waals surface area contributed by atoms with Gasteiger partial charge in [0.2, 0.25) is 6.79 Å².